The normalized spacial score (nSPS) is 25.2. The number of carbonyl (C=O) groups excluding carboxylic acids is 1. The first-order valence-electron chi connectivity index (χ1n) is 7.88. The van der Waals surface area contributed by atoms with Crippen LogP contribution in [0.3, 0.4) is 0 Å². The van der Waals surface area contributed by atoms with Gasteiger partial charge in [0.05, 0.1) is 6.10 Å². The van der Waals surface area contributed by atoms with Crippen LogP contribution < -0.4 is 5.32 Å². The smallest absolute Gasteiger partial charge is 0.248 e. The number of ether oxygens (including phenoxy) is 1. The van der Waals surface area contributed by atoms with Crippen LogP contribution >= 0.6 is 0 Å². The van der Waals surface area contributed by atoms with Crippen LogP contribution in [0.4, 0.5) is 0 Å². The highest BCUT2D eigenvalue weighted by atomic mass is 16.5. The van der Waals surface area contributed by atoms with Gasteiger partial charge >= 0.3 is 0 Å². The van der Waals surface area contributed by atoms with Crippen molar-refractivity contribution in [3.05, 3.63) is 0 Å². The number of carbonyl (C=O) groups is 1. The minimum atomic E-state index is -0.393. The summed E-state index contributed by atoms with van der Waals surface area (Å²) in [5, 5.41) is 11.9. The van der Waals surface area contributed by atoms with Crippen LogP contribution in [-0.4, -0.2) is 36.4 Å². The zero-order valence-electron chi connectivity index (χ0n) is 13.4. The third-order valence-corrected chi connectivity index (χ3v) is 4.18. The lowest BCUT2D eigenvalue weighted by Crippen LogP contribution is -2.42. The average Bonchev–Trinajstić information content (AvgIpc) is 2.36. The van der Waals surface area contributed by atoms with Gasteiger partial charge in [0, 0.05) is 13.2 Å². The number of aliphatic hydroxyl groups is 1. The summed E-state index contributed by atoms with van der Waals surface area (Å²) in [4.78, 5) is 12.1. The highest BCUT2D eigenvalue weighted by molar-refractivity contribution is 5.80. The van der Waals surface area contributed by atoms with E-state index >= 15 is 0 Å². The maximum absolute atomic E-state index is 12.1. The molecule has 1 aliphatic carbocycles. The van der Waals surface area contributed by atoms with Gasteiger partial charge in [0.15, 0.2) is 0 Å². The maximum Gasteiger partial charge on any atom is 0.248 e. The third kappa shape index (κ3) is 6.23. The number of nitrogens with one attached hydrogen (secondary N) is 1. The van der Waals surface area contributed by atoms with Crippen LogP contribution in [0.15, 0.2) is 0 Å². The number of hydrogen-bond acceptors (Lipinski definition) is 3. The topological polar surface area (TPSA) is 58.6 Å². The minimum Gasteiger partial charge on any atom is -0.396 e. The second-order valence-corrected chi connectivity index (χ2v) is 7.03. The first-order chi connectivity index (χ1) is 9.34. The molecule has 4 nitrogen and oxygen atoms in total. The van der Waals surface area contributed by atoms with Crippen LogP contribution in [0.2, 0.25) is 0 Å². The van der Waals surface area contributed by atoms with Crippen molar-refractivity contribution in [2.45, 2.75) is 72.0 Å². The molecular weight excluding hydrogens is 254 g/mol. The Kier molecular flexibility index (Phi) is 6.96. The fraction of sp³-hybridized carbons (Fsp3) is 0.938. The van der Waals surface area contributed by atoms with Crippen LogP contribution in [0.1, 0.15) is 59.8 Å². The van der Waals surface area contributed by atoms with Crippen LogP contribution in [-0.2, 0) is 9.53 Å². The van der Waals surface area contributed by atoms with Crippen molar-refractivity contribution in [1.82, 2.24) is 5.32 Å². The third-order valence-electron chi connectivity index (χ3n) is 4.18. The maximum atomic E-state index is 12.1. The lowest BCUT2D eigenvalue weighted by atomic mass is 9.88. The van der Waals surface area contributed by atoms with Gasteiger partial charge in [-0.25, -0.2) is 0 Å². The summed E-state index contributed by atoms with van der Waals surface area (Å²) in [5.74, 6) is 0.654. The van der Waals surface area contributed by atoms with Gasteiger partial charge in [0.25, 0.3) is 0 Å². The van der Waals surface area contributed by atoms with E-state index in [0.717, 1.165) is 12.8 Å². The van der Waals surface area contributed by atoms with Crippen LogP contribution in [0.25, 0.3) is 0 Å². The van der Waals surface area contributed by atoms with E-state index in [1.54, 1.807) is 0 Å². The molecular formula is C16H31NO3. The molecule has 4 heteroatoms. The number of hydrogen-bond donors (Lipinski definition) is 2. The Labute approximate surface area is 123 Å². The van der Waals surface area contributed by atoms with Crippen molar-refractivity contribution < 1.29 is 14.6 Å². The van der Waals surface area contributed by atoms with Crippen LogP contribution in [0.5, 0.6) is 0 Å². The molecule has 0 aromatic heterocycles. The van der Waals surface area contributed by atoms with Gasteiger partial charge in [-0.3, -0.25) is 4.79 Å². The Hall–Kier alpha value is -0.610. The molecule has 0 unspecified atom stereocenters. The number of aliphatic hydroxyl groups excluding tert-OH is 1. The first-order valence-corrected chi connectivity index (χ1v) is 7.88. The molecule has 3 atom stereocenters. The summed E-state index contributed by atoms with van der Waals surface area (Å²) in [6.45, 7) is 8.87. The van der Waals surface area contributed by atoms with Crippen molar-refractivity contribution in [3.8, 4) is 0 Å². The molecule has 0 heterocycles. The zero-order valence-corrected chi connectivity index (χ0v) is 13.4. The second kappa shape index (κ2) is 7.99. The zero-order chi connectivity index (χ0) is 15.2. The predicted octanol–water partition coefficient (Wildman–Crippen LogP) is 2.50. The second-order valence-electron chi connectivity index (χ2n) is 7.03. The molecule has 20 heavy (non-hydrogen) atoms. The molecule has 0 saturated heterocycles. The van der Waals surface area contributed by atoms with Crippen molar-refractivity contribution >= 4 is 5.91 Å². The molecule has 0 aromatic rings. The van der Waals surface area contributed by atoms with Gasteiger partial charge in [-0.2, -0.15) is 0 Å². The predicted molar refractivity (Wildman–Crippen MR) is 80.5 cm³/mol. The quantitative estimate of drug-likeness (QED) is 0.755. The summed E-state index contributed by atoms with van der Waals surface area (Å²) in [6.07, 6.45) is 5.12. The van der Waals surface area contributed by atoms with Gasteiger partial charge in [-0.1, -0.05) is 33.6 Å². The standard InChI is InChI=1S/C16H31NO3/c1-12-6-5-7-14(10-12)20-13(2)15(19)17-11-16(3,4)8-9-18/h12-14,18H,5-11H2,1-4H3,(H,17,19)/t12-,13-,14+/m1/s1. The molecule has 1 rings (SSSR count). The Morgan fingerprint density at radius 2 is 2.15 bits per heavy atom. The van der Waals surface area contributed by atoms with Gasteiger partial charge < -0.3 is 15.2 Å². The van der Waals surface area contributed by atoms with E-state index < -0.39 is 6.10 Å². The van der Waals surface area contributed by atoms with Crippen molar-refractivity contribution in [2.24, 2.45) is 11.3 Å². The monoisotopic (exact) mass is 285 g/mol. The Bertz CT molecular complexity index is 304. The first kappa shape index (κ1) is 17.4. The highest BCUT2D eigenvalue weighted by Gasteiger charge is 2.25. The molecule has 0 spiro atoms. The van der Waals surface area contributed by atoms with Crippen LogP contribution in [0, 0.1) is 11.3 Å². The van der Waals surface area contributed by atoms with E-state index in [9.17, 15) is 4.79 Å². The molecule has 118 valence electrons. The van der Waals surface area contributed by atoms with E-state index in [0.29, 0.717) is 18.9 Å². The largest absolute Gasteiger partial charge is 0.396 e. The lowest BCUT2D eigenvalue weighted by Gasteiger charge is -2.30. The van der Waals surface area contributed by atoms with E-state index in [2.05, 4.69) is 12.2 Å². The van der Waals surface area contributed by atoms with Gasteiger partial charge in [0.2, 0.25) is 5.91 Å². The Morgan fingerprint density at radius 1 is 1.45 bits per heavy atom. The fourth-order valence-electron chi connectivity index (χ4n) is 2.71. The molecule has 2 N–H and O–H groups in total. The van der Waals surface area contributed by atoms with Gasteiger partial charge in [-0.05, 0) is 37.5 Å². The van der Waals surface area contributed by atoms with Crippen molar-refractivity contribution in [2.75, 3.05) is 13.2 Å². The van der Waals surface area contributed by atoms with E-state index in [-0.39, 0.29) is 24.0 Å². The van der Waals surface area contributed by atoms with Gasteiger partial charge in [0.1, 0.15) is 6.10 Å². The molecule has 0 aromatic carbocycles. The number of rotatable bonds is 7. The molecule has 1 amide bonds. The summed E-state index contributed by atoms with van der Waals surface area (Å²) < 4.78 is 5.89. The summed E-state index contributed by atoms with van der Waals surface area (Å²) >= 11 is 0. The fourth-order valence-corrected chi connectivity index (χ4v) is 2.71. The number of amides is 1. The highest BCUT2D eigenvalue weighted by Crippen LogP contribution is 2.26. The van der Waals surface area contributed by atoms with E-state index in [4.69, 9.17) is 9.84 Å². The Morgan fingerprint density at radius 3 is 2.75 bits per heavy atom. The molecule has 0 bridgehead atoms. The molecule has 1 fully saturated rings. The molecule has 1 saturated carbocycles. The molecule has 0 radical (unpaired) electrons. The minimum absolute atomic E-state index is 0.0470. The average molecular weight is 285 g/mol. The summed E-state index contributed by atoms with van der Waals surface area (Å²) in [5.41, 5.74) is -0.0799. The Balaban J connectivity index is 2.31. The lowest BCUT2D eigenvalue weighted by molar-refractivity contribution is -0.137. The molecule has 1 aliphatic rings. The van der Waals surface area contributed by atoms with Crippen molar-refractivity contribution in [1.29, 1.82) is 0 Å². The van der Waals surface area contributed by atoms with E-state index in [1.807, 2.05) is 20.8 Å². The molecule has 0 aliphatic heterocycles. The van der Waals surface area contributed by atoms with Crippen molar-refractivity contribution in [3.63, 3.8) is 0 Å². The summed E-state index contributed by atoms with van der Waals surface area (Å²) in [6, 6.07) is 0. The SMILES string of the molecule is C[C@@H]1CCC[C@H](O[C@H](C)C(=O)NCC(C)(C)CCO)C1. The summed E-state index contributed by atoms with van der Waals surface area (Å²) in [7, 11) is 0. The van der Waals surface area contributed by atoms with Gasteiger partial charge in [-0.15, -0.1) is 0 Å². The van der Waals surface area contributed by atoms with E-state index in [1.165, 1.54) is 12.8 Å².